The smallest absolute Gasteiger partial charge is 0.339 e. The van der Waals surface area contributed by atoms with Crippen LogP contribution in [-0.4, -0.2) is 38.0 Å². The van der Waals surface area contributed by atoms with E-state index in [1.165, 1.54) is 25.0 Å². The summed E-state index contributed by atoms with van der Waals surface area (Å²) in [5, 5.41) is 2.72. The predicted molar refractivity (Wildman–Crippen MR) is 104 cm³/mol. The van der Waals surface area contributed by atoms with Crippen molar-refractivity contribution in [1.82, 2.24) is 5.32 Å². The van der Waals surface area contributed by atoms with E-state index in [2.05, 4.69) is 5.32 Å². The van der Waals surface area contributed by atoms with Crippen LogP contribution in [0.5, 0.6) is 0 Å². The van der Waals surface area contributed by atoms with Gasteiger partial charge in [0.25, 0.3) is 0 Å². The van der Waals surface area contributed by atoms with Gasteiger partial charge in [0, 0.05) is 26.4 Å². The van der Waals surface area contributed by atoms with E-state index in [-0.39, 0.29) is 36.2 Å². The van der Waals surface area contributed by atoms with Crippen molar-refractivity contribution in [2.24, 2.45) is 0 Å². The molecular weight excluding hydrogens is 363 g/mol. The number of methoxy groups -OCH3 is 1. The average molecular weight is 386 g/mol. The summed E-state index contributed by atoms with van der Waals surface area (Å²) in [5.41, 5.74) is 1.17. The number of carbonyl (C=O) groups excluding carboxylic acids is 3. The third-order valence-corrected chi connectivity index (χ3v) is 4.22. The first-order valence-corrected chi connectivity index (χ1v) is 8.89. The number of carbonyl (C=O) groups is 3. The normalized spacial score (nSPS) is 10.2. The van der Waals surface area contributed by atoms with E-state index in [0.29, 0.717) is 24.2 Å². The number of amides is 2. The van der Waals surface area contributed by atoms with Gasteiger partial charge in [-0.3, -0.25) is 9.59 Å². The molecule has 0 heterocycles. The van der Waals surface area contributed by atoms with Crippen molar-refractivity contribution >= 4 is 23.5 Å². The Balaban J connectivity index is 1.95. The maximum absolute atomic E-state index is 13.6. The van der Waals surface area contributed by atoms with E-state index in [1.807, 2.05) is 0 Å². The van der Waals surface area contributed by atoms with Gasteiger partial charge in [0.15, 0.2) is 0 Å². The number of hydrogen-bond donors (Lipinski definition) is 1. The highest BCUT2D eigenvalue weighted by molar-refractivity contribution is 6.02. The third-order valence-electron chi connectivity index (χ3n) is 4.22. The molecule has 0 aromatic heterocycles. The number of para-hydroxylation sites is 1. The molecule has 0 unspecified atom stereocenters. The maximum Gasteiger partial charge on any atom is 0.339 e. The highest BCUT2D eigenvalue weighted by Gasteiger charge is 2.20. The molecule has 0 saturated heterocycles. The zero-order valence-corrected chi connectivity index (χ0v) is 15.9. The molecule has 0 radical (unpaired) electrons. The monoisotopic (exact) mass is 386 g/mol. The van der Waals surface area contributed by atoms with Crippen molar-refractivity contribution in [2.75, 3.05) is 25.1 Å². The van der Waals surface area contributed by atoms with Gasteiger partial charge in [0.1, 0.15) is 5.82 Å². The third kappa shape index (κ3) is 5.64. The fourth-order valence-electron chi connectivity index (χ4n) is 2.78. The second-order valence-electron chi connectivity index (χ2n) is 6.12. The number of esters is 1. The summed E-state index contributed by atoms with van der Waals surface area (Å²) in [6, 6.07) is 13.0. The predicted octanol–water partition coefficient (Wildman–Crippen LogP) is 2.71. The lowest BCUT2D eigenvalue weighted by Crippen LogP contribution is -2.35. The van der Waals surface area contributed by atoms with Crippen molar-refractivity contribution in [3.63, 3.8) is 0 Å². The SMILES string of the molecule is COC(=O)c1ccccc1N(CCC(=O)NCCc1ccccc1F)C(C)=O. The number of nitrogens with one attached hydrogen (secondary N) is 1. The van der Waals surface area contributed by atoms with Crippen LogP contribution in [-0.2, 0) is 20.7 Å². The van der Waals surface area contributed by atoms with E-state index in [1.54, 1.807) is 42.5 Å². The zero-order chi connectivity index (χ0) is 20.5. The first-order chi connectivity index (χ1) is 13.4. The highest BCUT2D eigenvalue weighted by atomic mass is 19.1. The molecule has 148 valence electrons. The summed E-state index contributed by atoms with van der Waals surface area (Å²) in [5.74, 6) is -1.43. The Morgan fingerprint density at radius 2 is 1.75 bits per heavy atom. The molecule has 7 heteroatoms. The second kappa shape index (κ2) is 10.2. The molecule has 0 aliphatic heterocycles. The van der Waals surface area contributed by atoms with Crippen molar-refractivity contribution in [3.05, 3.63) is 65.5 Å². The van der Waals surface area contributed by atoms with Crippen LogP contribution < -0.4 is 10.2 Å². The Morgan fingerprint density at radius 1 is 1.07 bits per heavy atom. The number of halogens is 1. The van der Waals surface area contributed by atoms with Gasteiger partial charge in [0.2, 0.25) is 11.8 Å². The second-order valence-corrected chi connectivity index (χ2v) is 6.12. The van der Waals surface area contributed by atoms with E-state index in [4.69, 9.17) is 4.74 Å². The summed E-state index contributed by atoms with van der Waals surface area (Å²) in [6.07, 6.45) is 0.423. The van der Waals surface area contributed by atoms with Crippen LogP contribution in [0.4, 0.5) is 10.1 Å². The van der Waals surface area contributed by atoms with Gasteiger partial charge in [-0.05, 0) is 30.2 Å². The molecule has 0 bridgehead atoms. The molecule has 0 atom stereocenters. The molecule has 28 heavy (non-hydrogen) atoms. The Bertz CT molecular complexity index is 854. The molecule has 2 amide bonds. The maximum atomic E-state index is 13.6. The summed E-state index contributed by atoms with van der Waals surface area (Å²) >= 11 is 0. The van der Waals surface area contributed by atoms with Crippen molar-refractivity contribution < 1.29 is 23.5 Å². The summed E-state index contributed by atoms with van der Waals surface area (Å²) in [6.45, 7) is 1.76. The average Bonchev–Trinajstić information content (AvgIpc) is 2.69. The lowest BCUT2D eigenvalue weighted by molar-refractivity contribution is -0.121. The zero-order valence-electron chi connectivity index (χ0n) is 15.9. The van der Waals surface area contributed by atoms with Crippen LogP contribution in [0.2, 0.25) is 0 Å². The van der Waals surface area contributed by atoms with Gasteiger partial charge in [-0.15, -0.1) is 0 Å². The molecule has 0 spiro atoms. The van der Waals surface area contributed by atoms with Crippen LogP contribution >= 0.6 is 0 Å². The van der Waals surface area contributed by atoms with E-state index >= 15 is 0 Å². The Kier molecular flexibility index (Phi) is 7.68. The molecule has 1 N–H and O–H groups in total. The van der Waals surface area contributed by atoms with E-state index in [0.717, 1.165) is 0 Å². The van der Waals surface area contributed by atoms with E-state index < -0.39 is 5.97 Å². The fraction of sp³-hybridized carbons (Fsp3) is 0.286. The van der Waals surface area contributed by atoms with Crippen LogP contribution in [0.1, 0.15) is 29.3 Å². The summed E-state index contributed by atoms with van der Waals surface area (Å²) in [7, 11) is 1.26. The van der Waals surface area contributed by atoms with Gasteiger partial charge in [0.05, 0.1) is 18.4 Å². The van der Waals surface area contributed by atoms with Crippen LogP contribution in [0.3, 0.4) is 0 Å². The molecule has 2 rings (SSSR count). The highest BCUT2D eigenvalue weighted by Crippen LogP contribution is 2.21. The number of benzene rings is 2. The van der Waals surface area contributed by atoms with Gasteiger partial charge < -0.3 is 15.0 Å². The number of nitrogens with zero attached hydrogens (tertiary/aromatic N) is 1. The molecule has 0 aliphatic carbocycles. The van der Waals surface area contributed by atoms with Crippen molar-refractivity contribution in [1.29, 1.82) is 0 Å². The number of anilines is 1. The first kappa shape index (κ1) is 21.1. The Hall–Kier alpha value is -3.22. The molecule has 0 aliphatic rings. The van der Waals surface area contributed by atoms with Crippen LogP contribution in [0.15, 0.2) is 48.5 Å². The topological polar surface area (TPSA) is 75.7 Å². The van der Waals surface area contributed by atoms with Crippen LogP contribution in [0.25, 0.3) is 0 Å². The lowest BCUT2D eigenvalue weighted by Gasteiger charge is -2.23. The van der Waals surface area contributed by atoms with Crippen LogP contribution in [0, 0.1) is 5.82 Å². The molecular formula is C21H23FN2O4. The minimum absolute atomic E-state index is 0.0480. The molecule has 0 saturated carbocycles. The van der Waals surface area contributed by atoms with Crippen molar-refractivity contribution in [2.45, 2.75) is 19.8 Å². The quantitative estimate of drug-likeness (QED) is 0.708. The van der Waals surface area contributed by atoms with Crippen molar-refractivity contribution in [3.8, 4) is 0 Å². The molecule has 2 aromatic carbocycles. The standard InChI is InChI=1S/C21H23FN2O4/c1-15(25)24(19-10-6-4-8-17(19)21(27)28-2)14-12-20(26)23-13-11-16-7-3-5-9-18(16)22/h3-10H,11-14H2,1-2H3,(H,23,26). The van der Waals surface area contributed by atoms with Gasteiger partial charge in [-0.1, -0.05) is 30.3 Å². The first-order valence-electron chi connectivity index (χ1n) is 8.89. The summed E-state index contributed by atoms with van der Waals surface area (Å²) < 4.78 is 18.3. The largest absolute Gasteiger partial charge is 0.465 e. The van der Waals surface area contributed by atoms with Gasteiger partial charge in [-0.2, -0.15) is 0 Å². The minimum atomic E-state index is -0.559. The molecule has 0 fully saturated rings. The summed E-state index contributed by atoms with van der Waals surface area (Å²) in [4.78, 5) is 37.5. The Morgan fingerprint density at radius 3 is 2.43 bits per heavy atom. The van der Waals surface area contributed by atoms with E-state index in [9.17, 15) is 18.8 Å². The number of rotatable bonds is 8. The lowest BCUT2D eigenvalue weighted by atomic mass is 10.1. The van der Waals surface area contributed by atoms with Gasteiger partial charge >= 0.3 is 5.97 Å². The fourth-order valence-corrected chi connectivity index (χ4v) is 2.78. The number of hydrogen-bond acceptors (Lipinski definition) is 4. The minimum Gasteiger partial charge on any atom is -0.465 e. The van der Waals surface area contributed by atoms with Gasteiger partial charge in [-0.25, -0.2) is 9.18 Å². The molecule has 2 aromatic rings. The number of ether oxygens (including phenoxy) is 1. The Labute approximate surface area is 163 Å². The molecule has 6 nitrogen and oxygen atoms in total.